The third kappa shape index (κ3) is 3.68. The van der Waals surface area contributed by atoms with E-state index in [1.54, 1.807) is 19.2 Å². The van der Waals surface area contributed by atoms with Crippen LogP contribution in [0.25, 0.3) is 0 Å². The van der Waals surface area contributed by atoms with Gasteiger partial charge in [0, 0.05) is 22.7 Å². The summed E-state index contributed by atoms with van der Waals surface area (Å²) in [6.45, 7) is 0.529. The summed E-state index contributed by atoms with van der Waals surface area (Å²) in [4.78, 5) is 0. The topological polar surface area (TPSA) is 21.3 Å². The summed E-state index contributed by atoms with van der Waals surface area (Å²) in [6.07, 6.45) is 0. The molecule has 0 aliphatic rings. The van der Waals surface area contributed by atoms with Crippen molar-refractivity contribution >= 4 is 11.6 Å². The fourth-order valence-corrected chi connectivity index (χ4v) is 1.97. The minimum Gasteiger partial charge on any atom is -0.488 e. The maximum absolute atomic E-state index is 13.6. The Balaban J connectivity index is 2.14. The van der Waals surface area contributed by atoms with Gasteiger partial charge < -0.3 is 10.1 Å². The molecule has 0 aliphatic carbocycles. The summed E-state index contributed by atoms with van der Waals surface area (Å²) in [5.74, 6) is -0.231. The Labute approximate surface area is 121 Å². The molecule has 5 heteroatoms. The predicted octanol–water partition coefficient (Wildman–Crippen LogP) is 3.92. The van der Waals surface area contributed by atoms with Gasteiger partial charge in [-0.25, -0.2) is 8.78 Å². The normalized spacial score (nSPS) is 10.6. The van der Waals surface area contributed by atoms with E-state index in [0.717, 1.165) is 0 Å². The molecule has 0 unspecified atom stereocenters. The highest BCUT2D eigenvalue weighted by Gasteiger charge is 2.08. The first-order valence-corrected chi connectivity index (χ1v) is 6.47. The number of hydrogen-bond donors (Lipinski definition) is 1. The molecule has 0 amide bonds. The van der Waals surface area contributed by atoms with Crippen LogP contribution in [0.1, 0.15) is 11.1 Å². The lowest BCUT2D eigenvalue weighted by molar-refractivity contribution is 0.295. The van der Waals surface area contributed by atoms with Crippen LogP contribution in [-0.4, -0.2) is 7.05 Å². The van der Waals surface area contributed by atoms with E-state index in [-0.39, 0.29) is 12.4 Å². The van der Waals surface area contributed by atoms with Crippen molar-refractivity contribution in [1.82, 2.24) is 5.32 Å². The Morgan fingerprint density at radius 3 is 2.60 bits per heavy atom. The van der Waals surface area contributed by atoms with Gasteiger partial charge >= 0.3 is 0 Å². The Morgan fingerprint density at radius 2 is 1.90 bits per heavy atom. The second-order valence-electron chi connectivity index (χ2n) is 4.31. The van der Waals surface area contributed by atoms with Crippen LogP contribution in [0, 0.1) is 11.6 Å². The van der Waals surface area contributed by atoms with Crippen LogP contribution in [-0.2, 0) is 13.2 Å². The molecule has 20 heavy (non-hydrogen) atoms. The summed E-state index contributed by atoms with van der Waals surface area (Å²) < 4.78 is 32.4. The molecule has 0 spiro atoms. The van der Waals surface area contributed by atoms with Gasteiger partial charge in [0.25, 0.3) is 0 Å². The van der Waals surface area contributed by atoms with Crippen LogP contribution in [0.3, 0.4) is 0 Å². The molecule has 0 saturated heterocycles. The fraction of sp³-hybridized carbons (Fsp3) is 0.200. The van der Waals surface area contributed by atoms with Gasteiger partial charge in [-0.2, -0.15) is 0 Å². The average Bonchev–Trinajstić information content (AvgIpc) is 2.40. The Hall–Kier alpha value is -1.65. The summed E-state index contributed by atoms with van der Waals surface area (Å²) in [6, 6.07) is 8.65. The number of ether oxygens (including phenoxy) is 1. The van der Waals surface area contributed by atoms with Gasteiger partial charge in [-0.15, -0.1) is 0 Å². The zero-order chi connectivity index (χ0) is 14.5. The van der Waals surface area contributed by atoms with Gasteiger partial charge in [-0.3, -0.25) is 0 Å². The first-order valence-electron chi connectivity index (χ1n) is 6.10. The van der Waals surface area contributed by atoms with Crippen molar-refractivity contribution in [3.63, 3.8) is 0 Å². The van der Waals surface area contributed by atoms with Crippen LogP contribution in [0.2, 0.25) is 5.02 Å². The van der Waals surface area contributed by atoms with Crippen molar-refractivity contribution in [2.45, 2.75) is 13.2 Å². The monoisotopic (exact) mass is 297 g/mol. The van der Waals surface area contributed by atoms with Gasteiger partial charge in [-0.1, -0.05) is 17.7 Å². The van der Waals surface area contributed by atoms with E-state index in [1.165, 1.54) is 24.3 Å². The van der Waals surface area contributed by atoms with Gasteiger partial charge in [-0.05, 0) is 37.4 Å². The fourth-order valence-electron chi connectivity index (χ4n) is 1.81. The second-order valence-corrected chi connectivity index (χ2v) is 4.74. The number of nitrogens with one attached hydrogen (secondary N) is 1. The zero-order valence-electron chi connectivity index (χ0n) is 10.9. The standard InChI is InChI=1S/C15H14ClF2NO/c1-19-8-11-6-13(17)4-5-15(11)20-9-10-2-3-12(16)7-14(10)18/h2-7,19H,8-9H2,1H3. The molecule has 0 heterocycles. The molecule has 0 fully saturated rings. The van der Waals surface area contributed by atoms with Crippen molar-refractivity contribution in [3.05, 3.63) is 64.2 Å². The summed E-state index contributed by atoms with van der Waals surface area (Å²) in [5.41, 5.74) is 1.08. The maximum atomic E-state index is 13.6. The molecular formula is C15H14ClF2NO. The minimum atomic E-state index is -0.422. The van der Waals surface area contributed by atoms with E-state index in [4.69, 9.17) is 16.3 Å². The molecular weight excluding hydrogens is 284 g/mol. The molecule has 2 aromatic rings. The molecule has 106 valence electrons. The zero-order valence-corrected chi connectivity index (χ0v) is 11.7. The maximum Gasteiger partial charge on any atom is 0.131 e. The largest absolute Gasteiger partial charge is 0.488 e. The molecule has 0 atom stereocenters. The van der Waals surface area contributed by atoms with Crippen LogP contribution in [0.4, 0.5) is 8.78 Å². The van der Waals surface area contributed by atoms with E-state index in [1.807, 2.05) is 0 Å². The predicted molar refractivity (Wildman–Crippen MR) is 74.9 cm³/mol. The lowest BCUT2D eigenvalue weighted by Crippen LogP contribution is -2.08. The number of halogens is 3. The van der Waals surface area contributed by atoms with E-state index in [2.05, 4.69) is 5.32 Å². The molecule has 0 aliphatic heterocycles. The van der Waals surface area contributed by atoms with E-state index in [0.29, 0.717) is 28.4 Å². The smallest absolute Gasteiger partial charge is 0.131 e. The van der Waals surface area contributed by atoms with Gasteiger partial charge in [0.05, 0.1) is 0 Å². The molecule has 2 nitrogen and oxygen atoms in total. The molecule has 2 rings (SSSR count). The number of benzene rings is 2. The third-order valence-electron chi connectivity index (χ3n) is 2.79. The average molecular weight is 298 g/mol. The van der Waals surface area contributed by atoms with Crippen molar-refractivity contribution in [1.29, 1.82) is 0 Å². The first-order chi connectivity index (χ1) is 9.60. The van der Waals surface area contributed by atoms with Gasteiger partial charge in [0.2, 0.25) is 0 Å². The van der Waals surface area contributed by atoms with E-state index < -0.39 is 5.82 Å². The summed E-state index contributed by atoms with van der Waals surface area (Å²) in [5, 5.41) is 3.27. The van der Waals surface area contributed by atoms with Crippen molar-refractivity contribution in [2.24, 2.45) is 0 Å². The molecule has 0 aromatic heterocycles. The van der Waals surface area contributed by atoms with Crippen LogP contribution in [0.15, 0.2) is 36.4 Å². The molecule has 0 bridgehead atoms. The summed E-state index contributed by atoms with van der Waals surface area (Å²) in [7, 11) is 1.76. The van der Waals surface area contributed by atoms with Crippen LogP contribution < -0.4 is 10.1 Å². The third-order valence-corrected chi connectivity index (χ3v) is 3.02. The van der Waals surface area contributed by atoms with Crippen molar-refractivity contribution in [2.75, 3.05) is 7.05 Å². The first kappa shape index (κ1) is 14.8. The van der Waals surface area contributed by atoms with E-state index >= 15 is 0 Å². The highest BCUT2D eigenvalue weighted by molar-refractivity contribution is 6.30. The Morgan fingerprint density at radius 1 is 1.10 bits per heavy atom. The number of hydrogen-bond acceptors (Lipinski definition) is 2. The molecule has 1 N–H and O–H groups in total. The summed E-state index contributed by atoms with van der Waals surface area (Å²) >= 11 is 5.69. The Bertz CT molecular complexity index is 604. The molecule has 0 saturated carbocycles. The van der Waals surface area contributed by atoms with Crippen LogP contribution in [0.5, 0.6) is 5.75 Å². The number of rotatable bonds is 5. The van der Waals surface area contributed by atoms with Gasteiger partial charge in [0.1, 0.15) is 24.0 Å². The second kappa shape index (κ2) is 6.68. The SMILES string of the molecule is CNCc1cc(F)ccc1OCc1ccc(Cl)cc1F. The van der Waals surface area contributed by atoms with Crippen LogP contribution >= 0.6 is 11.6 Å². The highest BCUT2D eigenvalue weighted by atomic mass is 35.5. The highest BCUT2D eigenvalue weighted by Crippen LogP contribution is 2.22. The quantitative estimate of drug-likeness (QED) is 0.903. The lowest BCUT2D eigenvalue weighted by Gasteiger charge is -2.12. The Kier molecular flexibility index (Phi) is 4.93. The molecule has 2 aromatic carbocycles. The van der Waals surface area contributed by atoms with Crippen molar-refractivity contribution in [3.8, 4) is 5.75 Å². The van der Waals surface area contributed by atoms with E-state index in [9.17, 15) is 8.78 Å². The lowest BCUT2D eigenvalue weighted by atomic mass is 10.2. The van der Waals surface area contributed by atoms with Crippen molar-refractivity contribution < 1.29 is 13.5 Å². The molecule has 0 radical (unpaired) electrons. The minimum absolute atomic E-state index is 0.0609. The van der Waals surface area contributed by atoms with Gasteiger partial charge in [0.15, 0.2) is 0 Å².